The highest BCUT2D eigenvalue weighted by Crippen LogP contribution is 2.16. The Bertz CT molecular complexity index is 431. The number of rotatable bonds is 0. The Labute approximate surface area is 83.8 Å². The molecule has 14 heavy (non-hydrogen) atoms. The van der Waals surface area contributed by atoms with Crippen molar-refractivity contribution in [3.05, 3.63) is 23.7 Å². The van der Waals surface area contributed by atoms with Crippen molar-refractivity contribution in [2.24, 2.45) is 0 Å². The second-order valence-corrected chi connectivity index (χ2v) is 2.84. The number of pyridine rings is 1. The summed E-state index contributed by atoms with van der Waals surface area (Å²) in [6, 6.07) is 1.83. The molecule has 4 nitrogen and oxygen atoms in total. The van der Waals surface area contributed by atoms with E-state index in [9.17, 15) is 0 Å². The molecule has 0 radical (unpaired) electrons. The summed E-state index contributed by atoms with van der Waals surface area (Å²) in [4.78, 5) is 4.05. The van der Waals surface area contributed by atoms with Gasteiger partial charge in [0.15, 0.2) is 5.65 Å². The van der Waals surface area contributed by atoms with Gasteiger partial charge in [0.1, 0.15) is 6.33 Å². The van der Waals surface area contributed by atoms with E-state index in [1.54, 1.807) is 4.52 Å². The highest BCUT2D eigenvalue weighted by atomic mass is 15.3. The Morgan fingerprint density at radius 1 is 1.29 bits per heavy atom. The first-order chi connectivity index (χ1) is 6.70. The van der Waals surface area contributed by atoms with Gasteiger partial charge < -0.3 is 5.73 Å². The highest BCUT2D eigenvalue weighted by molar-refractivity contribution is 5.57. The van der Waals surface area contributed by atoms with E-state index in [2.05, 4.69) is 10.1 Å². The van der Waals surface area contributed by atoms with Crippen LogP contribution in [-0.2, 0) is 0 Å². The third-order valence-electron chi connectivity index (χ3n) is 2.15. The lowest BCUT2D eigenvalue weighted by molar-refractivity contribution is 0.904. The number of anilines is 1. The van der Waals surface area contributed by atoms with Crippen molar-refractivity contribution < 1.29 is 0 Å². The average molecular weight is 192 g/mol. The van der Waals surface area contributed by atoms with Crippen molar-refractivity contribution in [2.75, 3.05) is 5.73 Å². The molecule has 0 fully saturated rings. The van der Waals surface area contributed by atoms with Crippen LogP contribution in [0.2, 0.25) is 0 Å². The van der Waals surface area contributed by atoms with Gasteiger partial charge in [0, 0.05) is 17.4 Å². The second-order valence-electron chi connectivity index (χ2n) is 2.84. The molecular formula is C10H16N4. The number of nitrogens with zero attached hydrogens (tertiary/aromatic N) is 3. The van der Waals surface area contributed by atoms with Crippen molar-refractivity contribution >= 4 is 11.3 Å². The van der Waals surface area contributed by atoms with Gasteiger partial charge in [-0.25, -0.2) is 9.50 Å². The molecular weight excluding hydrogens is 176 g/mol. The maximum Gasteiger partial charge on any atom is 0.157 e. The standard InChI is InChI=1S/C8H10N4.C2H6/c1-5-6(2)12-8(3-7(5)9)10-4-11-12;1-2/h3-4H,9H2,1-2H3;1-2H3. The SMILES string of the molecule is CC.Cc1c(N)cc2ncnn2c1C. The van der Waals surface area contributed by atoms with Crippen molar-refractivity contribution in [2.45, 2.75) is 27.7 Å². The number of hydrogen-bond donors (Lipinski definition) is 1. The zero-order chi connectivity index (χ0) is 10.7. The molecule has 2 N–H and O–H groups in total. The molecule has 0 aromatic carbocycles. The molecule has 2 heterocycles. The molecule has 2 aromatic rings. The van der Waals surface area contributed by atoms with E-state index in [4.69, 9.17) is 5.73 Å². The monoisotopic (exact) mass is 192 g/mol. The van der Waals surface area contributed by atoms with E-state index < -0.39 is 0 Å². The summed E-state index contributed by atoms with van der Waals surface area (Å²) in [5, 5.41) is 4.07. The van der Waals surface area contributed by atoms with Crippen LogP contribution in [0.25, 0.3) is 5.65 Å². The van der Waals surface area contributed by atoms with Crippen molar-refractivity contribution in [3.63, 3.8) is 0 Å². The molecule has 0 aliphatic rings. The first kappa shape index (κ1) is 10.5. The number of aromatic nitrogens is 3. The molecule has 2 rings (SSSR count). The maximum absolute atomic E-state index is 5.76. The normalized spacial score (nSPS) is 9.71. The van der Waals surface area contributed by atoms with Gasteiger partial charge in [-0.3, -0.25) is 0 Å². The summed E-state index contributed by atoms with van der Waals surface area (Å²) >= 11 is 0. The van der Waals surface area contributed by atoms with Gasteiger partial charge in [0.25, 0.3) is 0 Å². The maximum atomic E-state index is 5.76. The minimum absolute atomic E-state index is 0.771. The fraction of sp³-hybridized carbons (Fsp3) is 0.400. The van der Waals surface area contributed by atoms with E-state index in [1.165, 1.54) is 6.33 Å². The molecule has 0 saturated carbocycles. The summed E-state index contributed by atoms with van der Waals surface area (Å²) in [6.07, 6.45) is 1.53. The third kappa shape index (κ3) is 1.55. The summed E-state index contributed by atoms with van der Waals surface area (Å²) in [6.45, 7) is 7.96. The Kier molecular flexibility index (Phi) is 3.06. The van der Waals surface area contributed by atoms with Crippen LogP contribution in [-0.4, -0.2) is 14.6 Å². The predicted molar refractivity (Wildman–Crippen MR) is 58.2 cm³/mol. The Morgan fingerprint density at radius 2 is 1.93 bits per heavy atom. The first-order valence-electron chi connectivity index (χ1n) is 4.75. The van der Waals surface area contributed by atoms with Gasteiger partial charge in [-0.2, -0.15) is 5.10 Å². The lowest BCUT2D eigenvalue weighted by Gasteiger charge is -2.05. The van der Waals surface area contributed by atoms with Crippen LogP contribution in [0.5, 0.6) is 0 Å². The fourth-order valence-electron chi connectivity index (χ4n) is 1.22. The molecule has 0 aliphatic heterocycles. The zero-order valence-corrected chi connectivity index (χ0v) is 9.07. The molecule has 0 spiro atoms. The van der Waals surface area contributed by atoms with Gasteiger partial charge in [-0.1, -0.05) is 13.8 Å². The van der Waals surface area contributed by atoms with Crippen molar-refractivity contribution in [1.29, 1.82) is 0 Å². The number of nitrogen functional groups attached to an aromatic ring is 1. The second kappa shape index (κ2) is 4.09. The molecule has 76 valence electrons. The minimum Gasteiger partial charge on any atom is -0.398 e. The molecule has 0 atom stereocenters. The molecule has 2 aromatic heterocycles. The van der Waals surface area contributed by atoms with E-state index in [-0.39, 0.29) is 0 Å². The third-order valence-corrected chi connectivity index (χ3v) is 2.15. The van der Waals surface area contributed by atoms with E-state index in [1.807, 2.05) is 33.8 Å². The van der Waals surface area contributed by atoms with Gasteiger partial charge >= 0.3 is 0 Å². The predicted octanol–water partition coefficient (Wildman–Crippen LogP) is 1.95. The lowest BCUT2D eigenvalue weighted by atomic mass is 10.2. The molecule has 0 bridgehead atoms. The Morgan fingerprint density at radius 3 is 2.57 bits per heavy atom. The minimum atomic E-state index is 0.771. The van der Waals surface area contributed by atoms with Gasteiger partial charge in [-0.05, 0) is 19.4 Å². The number of fused-ring (bicyclic) bond motifs is 1. The molecule has 0 aliphatic carbocycles. The zero-order valence-electron chi connectivity index (χ0n) is 9.07. The smallest absolute Gasteiger partial charge is 0.157 e. The Balaban J connectivity index is 0.000000461. The van der Waals surface area contributed by atoms with Crippen molar-refractivity contribution in [1.82, 2.24) is 14.6 Å². The van der Waals surface area contributed by atoms with Crippen LogP contribution in [0.1, 0.15) is 25.1 Å². The van der Waals surface area contributed by atoms with Crippen LogP contribution in [0.3, 0.4) is 0 Å². The molecule has 0 saturated heterocycles. The summed E-state index contributed by atoms with van der Waals surface area (Å²) < 4.78 is 1.78. The van der Waals surface area contributed by atoms with Crippen LogP contribution in [0.15, 0.2) is 12.4 Å². The lowest BCUT2D eigenvalue weighted by Crippen LogP contribution is -2.00. The first-order valence-corrected chi connectivity index (χ1v) is 4.75. The van der Waals surface area contributed by atoms with Crippen LogP contribution in [0.4, 0.5) is 5.69 Å². The molecule has 0 unspecified atom stereocenters. The molecule has 0 amide bonds. The van der Waals surface area contributed by atoms with E-state index in [0.717, 1.165) is 22.6 Å². The molecule has 4 heteroatoms. The highest BCUT2D eigenvalue weighted by Gasteiger charge is 2.04. The van der Waals surface area contributed by atoms with Gasteiger partial charge in [0.05, 0.1) is 0 Å². The van der Waals surface area contributed by atoms with Crippen molar-refractivity contribution in [3.8, 4) is 0 Å². The van der Waals surface area contributed by atoms with Crippen LogP contribution < -0.4 is 5.73 Å². The summed E-state index contributed by atoms with van der Waals surface area (Å²) in [7, 11) is 0. The quantitative estimate of drug-likeness (QED) is 0.694. The number of aryl methyl sites for hydroxylation is 1. The van der Waals surface area contributed by atoms with Gasteiger partial charge in [-0.15, -0.1) is 0 Å². The number of hydrogen-bond acceptors (Lipinski definition) is 3. The van der Waals surface area contributed by atoms with E-state index in [0.29, 0.717) is 0 Å². The largest absolute Gasteiger partial charge is 0.398 e. The average Bonchev–Trinajstić information content (AvgIpc) is 2.65. The van der Waals surface area contributed by atoms with Crippen LogP contribution >= 0.6 is 0 Å². The van der Waals surface area contributed by atoms with Gasteiger partial charge in [0.2, 0.25) is 0 Å². The summed E-state index contributed by atoms with van der Waals surface area (Å²) in [5.41, 5.74) is 9.44. The number of nitrogens with two attached hydrogens (primary N) is 1. The van der Waals surface area contributed by atoms with E-state index >= 15 is 0 Å². The topological polar surface area (TPSA) is 56.2 Å². The van der Waals surface area contributed by atoms with Crippen LogP contribution in [0, 0.1) is 13.8 Å². The fourth-order valence-corrected chi connectivity index (χ4v) is 1.22. The summed E-state index contributed by atoms with van der Waals surface area (Å²) in [5.74, 6) is 0. The Hall–Kier alpha value is -1.58.